The summed E-state index contributed by atoms with van der Waals surface area (Å²) in [6.45, 7) is 0. The molecule has 9 heteroatoms. The zero-order valence-electron chi connectivity index (χ0n) is 12.9. The normalized spacial score (nSPS) is 12.6. The number of carbonyl (C=O) groups is 2. The van der Waals surface area contributed by atoms with Crippen molar-refractivity contribution in [2.45, 2.75) is 31.5 Å². The van der Waals surface area contributed by atoms with Crippen molar-refractivity contribution in [2.24, 2.45) is 0 Å². The third-order valence-electron chi connectivity index (χ3n) is 3.35. The highest BCUT2D eigenvalue weighted by molar-refractivity contribution is 7.09. The fraction of sp³-hybridized carbons (Fsp3) is 0.312. The van der Waals surface area contributed by atoms with Gasteiger partial charge in [-0.15, -0.1) is 11.3 Å². The fourth-order valence-electron chi connectivity index (χ4n) is 2.19. The minimum Gasteiger partial charge on any atom is -0.481 e. The van der Waals surface area contributed by atoms with Crippen LogP contribution in [-0.2, 0) is 17.4 Å². The van der Waals surface area contributed by atoms with E-state index in [2.05, 4.69) is 10.3 Å². The van der Waals surface area contributed by atoms with Gasteiger partial charge in [0.05, 0.1) is 0 Å². The summed E-state index contributed by atoms with van der Waals surface area (Å²) in [6, 6.07) is 8.56. The summed E-state index contributed by atoms with van der Waals surface area (Å²) in [4.78, 5) is 26.2. The summed E-state index contributed by atoms with van der Waals surface area (Å²) >= 11 is 0.343. The lowest BCUT2D eigenvalue weighted by molar-refractivity contribution is -0.138. The molecule has 25 heavy (non-hydrogen) atoms. The number of nitrogens with zero attached hydrogens (tertiary/aromatic N) is 1. The first kappa shape index (κ1) is 18.9. The zero-order chi connectivity index (χ0) is 18.4. The molecule has 134 valence electrons. The molecule has 1 amide bonds. The van der Waals surface area contributed by atoms with Crippen LogP contribution in [-0.4, -0.2) is 28.0 Å². The Morgan fingerprint density at radius 2 is 1.92 bits per heavy atom. The number of hydrogen-bond acceptors (Lipinski definition) is 4. The summed E-state index contributed by atoms with van der Waals surface area (Å²) in [7, 11) is 0. The number of carbonyl (C=O) groups excluding carboxylic acids is 1. The number of aromatic nitrogens is 1. The van der Waals surface area contributed by atoms with Crippen LogP contribution in [0.15, 0.2) is 35.7 Å². The molecule has 0 bridgehead atoms. The molecule has 1 aromatic heterocycles. The number of carboxylic acids is 1. The largest absolute Gasteiger partial charge is 0.481 e. The van der Waals surface area contributed by atoms with Gasteiger partial charge in [0.25, 0.3) is 5.91 Å². The van der Waals surface area contributed by atoms with E-state index in [-0.39, 0.29) is 18.5 Å². The number of amides is 1. The third-order valence-corrected chi connectivity index (χ3v) is 4.23. The molecule has 1 heterocycles. The summed E-state index contributed by atoms with van der Waals surface area (Å²) in [6.07, 6.45) is -4.24. The number of carboxylic acid groups (broad SMARTS) is 1. The molecule has 5 nitrogen and oxygen atoms in total. The predicted molar refractivity (Wildman–Crippen MR) is 85.4 cm³/mol. The van der Waals surface area contributed by atoms with Crippen LogP contribution < -0.4 is 5.32 Å². The number of halogens is 3. The molecule has 2 rings (SSSR count). The van der Waals surface area contributed by atoms with E-state index in [9.17, 15) is 22.8 Å². The Balaban J connectivity index is 2.07. The fourth-order valence-corrected chi connectivity index (χ4v) is 2.86. The minimum atomic E-state index is -4.60. The number of nitrogens with one attached hydrogen (secondary N) is 1. The molecule has 1 atom stereocenters. The van der Waals surface area contributed by atoms with Crippen molar-refractivity contribution in [3.8, 4) is 0 Å². The Hall–Kier alpha value is -2.42. The van der Waals surface area contributed by atoms with E-state index in [0.717, 1.165) is 10.9 Å². The number of thiazole rings is 1. The molecule has 2 N–H and O–H groups in total. The van der Waals surface area contributed by atoms with Crippen molar-refractivity contribution in [3.05, 3.63) is 52.0 Å². The van der Waals surface area contributed by atoms with Crippen molar-refractivity contribution < 1.29 is 27.9 Å². The lowest BCUT2D eigenvalue weighted by Gasteiger charge is -2.17. The average Bonchev–Trinajstić information content (AvgIpc) is 3.04. The molecule has 0 aliphatic carbocycles. The molecular weight excluding hydrogens is 357 g/mol. The first-order chi connectivity index (χ1) is 11.8. The van der Waals surface area contributed by atoms with Crippen LogP contribution in [0.5, 0.6) is 0 Å². The first-order valence-corrected chi connectivity index (χ1v) is 8.23. The van der Waals surface area contributed by atoms with Gasteiger partial charge >= 0.3 is 12.1 Å². The maximum atomic E-state index is 12.6. The Morgan fingerprint density at radius 3 is 2.48 bits per heavy atom. The van der Waals surface area contributed by atoms with Crippen LogP contribution in [0, 0.1) is 0 Å². The molecule has 1 unspecified atom stereocenters. The van der Waals surface area contributed by atoms with E-state index >= 15 is 0 Å². The van der Waals surface area contributed by atoms with Gasteiger partial charge in [0.2, 0.25) is 0 Å². The van der Waals surface area contributed by atoms with Crippen LogP contribution in [0.4, 0.5) is 13.2 Å². The Kier molecular flexibility index (Phi) is 6.13. The Labute approximate surface area is 145 Å². The molecule has 1 aromatic carbocycles. The molecule has 0 aliphatic rings. The topological polar surface area (TPSA) is 79.3 Å². The van der Waals surface area contributed by atoms with E-state index < -0.39 is 29.1 Å². The maximum absolute atomic E-state index is 12.6. The average molecular weight is 372 g/mol. The minimum absolute atomic E-state index is 0.159. The highest BCUT2D eigenvalue weighted by Crippen LogP contribution is 2.31. The van der Waals surface area contributed by atoms with Crippen LogP contribution in [0.2, 0.25) is 0 Å². The van der Waals surface area contributed by atoms with Gasteiger partial charge < -0.3 is 10.4 Å². The number of alkyl halides is 3. The molecule has 2 aromatic rings. The van der Waals surface area contributed by atoms with Gasteiger partial charge in [-0.3, -0.25) is 9.59 Å². The van der Waals surface area contributed by atoms with Crippen LogP contribution in [0.25, 0.3) is 0 Å². The summed E-state index contributed by atoms with van der Waals surface area (Å²) in [5.74, 6) is -1.77. The van der Waals surface area contributed by atoms with Crippen LogP contribution in [0.3, 0.4) is 0 Å². The van der Waals surface area contributed by atoms with Gasteiger partial charge in [0.15, 0.2) is 5.01 Å². The lowest BCUT2D eigenvalue weighted by atomic mass is 10.0. The highest BCUT2D eigenvalue weighted by Gasteiger charge is 2.35. The highest BCUT2D eigenvalue weighted by atomic mass is 32.1. The maximum Gasteiger partial charge on any atom is 0.443 e. The quantitative estimate of drug-likeness (QED) is 0.781. The Morgan fingerprint density at radius 1 is 1.24 bits per heavy atom. The van der Waals surface area contributed by atoms with Gasteiger partial charge in [-0.1, -0.05) is 30.3 Å². The second kappa shape index (κ2) is 8.11. The Bertz CT molecular complexity index is 732. The number of hydrogen-bond donors (Lipinski definition) is 2. The summed E-state index contributed by atoms with van der Waals surface area (Å²) < 4.78 is 37.7. The number of aliphatic carboxylic acids is 1. The van der Waals surface area contributed by atoms with E-state index in [1.165, 1.54) is 0 Å². The third kappa shape index (κ3) is 5.86. The van der Waals surface area contributed by atoms with E-state index in [1.54, 1.807) is 12.1 Å². The van der Waals surface area contributed by atoms with Crippen molar-refractivity contribution in [2.75, 3.05) is 0 Å². The standard InChI is InChI=1S/C16H15F3N2O3S/c17-16(18,19)15-21-12(9-25-15)14(24)20-11(6-7-13(22)23)8-10-4-2-1-3-5-10/h1-5,9,11H,6-8H2,(H,20,24)(H,22,23). The van der Waals surface area contributed by atoms with Crippen LogP contribution in [0.1, 0.15) is 33.9 Å². The van der Waals surface area contributed by atoms with Gasteiger partial charge in [0, 0.05) is 17.8 Å². The van der Waals surface area contributed by atoms with Crippen molar-refractivity contribution in [3.63, 3.8) is 0 Å². The summed E-state index contributed by atoms with van der Waals surface area (Å²) in [5, 5.41) is 11.3. The van der Waals surface area contributed by atoms with Crippen molar-refractivity contribution >= 4 is 23.2 Å². The molecule has 0 radical (unpaired) electrons. The molecule has 0 saturated heterocycles. The van der Waals surface area contributed by atoms with Crippen LogP contribution >= 0.6 is 11.3 Å². The van der Waals surface area contributed by atoms with E-state index in [0.29, 0.717) is 17.8 Å². The smallest absolute Gasteiger partial charge is 0.443 e. The van der Waals surface area contributed by atoms with E-state index in [1.807, 2.05) is 18.2 Å². The number of rotatable bonds is 7. The first-order valence-electron chi connectivity index (χ1n) is 7.35. The van der Waals surface area contributed by atoms with Gasteiger partial charge in [-0.2, -0.15) is 13.2 Å². The second-order valence-corrected chi connectivity index (χ2v) is 6.19. The van der Waals surface area contributed by atoms with Crippen molar-refractivity contribution in [1.82, 2.24) is 10.3 Å². The SMILES string of the molecule is O=C(O)CCC(Cc1ccccc1)NC(=O)c1csc(C(F)(F)F)n1. The molecule has 0 spiro atoms. The molecule has 0 fully saturated rings. The van der Waals surface area contributed by atoms with Gasteiger partial charge in [-0.05, 0) is 18.4 Å². The predicted octanol–water partition coefficient (Wildman–Crippen LogP) is 3.37. The lowest BCUT2D eigenvalue weighted by Crippen LogP contribution is -2.37. The molecule has 0 aliphatic heterocycles. The number of benzene rings is 1. The van der Waals surface area contributed by atoms with E-state index in [4.69, 9.17) is 5.11 Å². The van der Waals surface area contributed by atoms with Gasteiger partial charge in [0.1, 0.15) is 5.69 Å². The monoisotopic (exact) mass is 372 g/mol. The van der Waals surface area contributed by atoms with Gasteiger partial charge in [-0.25, -0.2) is 4.98 Å². The second-order valence-electron chi connectivity index (χ2n) is 5.33. The summed E-state index contributed by atoms with van der Waals surface area (Å²) in [5.41, 5.74) is 0.554. The zero-order valence-corrected chi connectivity index (χ0v) is 13.7. The molecular formula is C16H15F3N2O3S. The molecule has 0 saturated carbocycles. The van der Waals surface area contributed by atoms with Crippen molar-refractivity contribution in [1.29, 1.82) is 0 Å².